The molecule has 96 valence electrons. The molecule has 0 heterocycles. The molecule has 0 fully saturated rings. The molecule has 2 unspecified atom stereocenters. The van der Waals surface area contributed by atoms with Gasteiger partial charge in [-0.3, -0.25) is 4.79 Å². The number of aliphatic hydroxyl groups excluding tert-OH is 2. The van der Waals surface area contributed by atoms with Crippen LogP contribution in [0.2, 0.25) is 0 Å². The molecule has 3 nitrogen and oxygen atoms in total. The zero-order valence-electron chi connectivity index (χ0n) is 9.93. The second kappa shape index (κ2) is 11.7. The van der Waals surface area contributed by atoms with Crippen molar-refractivity contribution in [3.8, 4) is 0 Å². The largest absolute Gasteiger partial charge is 0.381 e. The molecule has 0 saturated heterocycles. The van der Waals surface area contributed by atoms with Gasteiger partial charge in [-0.1, -0.05) is 36.5 Å². The molecule has 0 saturated carbocycles. The van der Waals surface area contributed by atoms with Crippen LogP contribution in [-0.4, -0.2) is 28.2 Å². The van der Waals surface area contributed by atoms with Gasteiger partial charge < -0.3 is 10.2 Å². The summed E-state index contributed by atoms with van der Waals surface area (Å²) in [7, 11) is 0. The Labute approximate surface area is 115 Å². The Balaban J connectivity index is 0. The van der Waals surface area contributed by atoms with Crippen LogP contribution in [0.5, 0.6) is 0 Å². The van der Waals surface area contributed by atoms with Gasteiger partial charge in [-0.05, 0) is 26.0 Å². The summed E-state index contributed by atoms with van der Waals surface area (Å²) in [6, 6.07) is 0. The molecule has 0 bridgehead atoms. The molecule has 2 N–H and O–H groups in total. The number of allylic oxidation sites excluding steroid dienone is 6. The van der Waals surface area contributed by atoms with Crippen LogP contribution >= 0.6 is 0 Å². The molecule has 2 atom stereocenters. The Morgan fingerprint density at radius 3 is 1.53 bits per heavy atom. The zero-order chi connectivity index (χ0) is 12.4. The van der Waals surface area contributed by atoms with Crippen LogP contribution in [0.15, 0.2) is 48.6 Å². The summed E-state index contributed by atoms with van der Waals surface area (Å²) < 4.78 is 0. The quantitative estimate of drug-likeness (QED) is 0.576. The van der Waals surface area contributed by atoms with E-state index in [1.807, 2.05) is 13.8 Å². The minimum atomic E-state index is -1.28. The maximum atomic E-state index is 11.4. The average molecular weight is 323 g/mol. The van der Waals surface area contributed by atoms with E-state index in [1.54, 1.807) is 36.5 Å². The van der Waals surface area contributed by atoms with Gasteiger partial charge in [0.2, 0.25) is 0 Å². The van der Waals surface area contributed by atoms with Gasteiger partial charge in [0, 0.05) is 19.5 Å². The number of carbonyl (C=O) groups is 1. The third-order valence-corrected chi connectivity index (χ3v) is 1.78. The Morgan fingerprint density at radius 1 is 0.882 bits per heavy atom. The molecule has 0 aliphatic carbocycles. The third kappa shape index (κ3) is 8.93. The summed E-state index contributed by atoms with van der Waals surface area (Å²) >= 11 is 0. The number of ketones is 1. The standard InChI is InChI=1S/C13H18O3.Ru/c1-3-5-7-9-11(14)13(16)12(15)10-8-6-4-2;/h3-12,14-15H,1-2H3;. The monoisotopic (exact) mass is 324 g/mol. The molecule has 0 aromatic rings. The summed E-state index contributed by atoms with van der Waals surface area (Å²) in [4.78, 5) is 11.4. The van der Waals surface area contributed by atoms with Crippen molar-refractivity contribution >= 4 is 5.78 Å². The molecular weight excluding hydrogens is 305 g/mol. The van der Waals surface area contributed by atoms with Gasteiger partial charge in [0.25, 0.3) is 0 Å². The fourth-order valence-electron chi connectivity index (χ4n) is 0.926. The van der Waals surface area contributed by atoms with Gasteiger partial charge in [0.05, 0.1) is 0 Å². The molecule has 0 spiro atoms. The first-order chi connectivity index (χ1) is 7.63. The molecule has 0 amide bonds. The minimum Gasteiger partial charge on any atom is -0.381 e. The van der Waals surface area contributed by atoms with Crippen molar-refractivity contribution in [3.63, 3.8) is 0 Å². The van der Waals surface area contributed by atoms with E-state index in [-0.39, 0.29) is 19.5 Å². The molecular formula is C13H18O3Ru. The van der Waals surface area contributed by atoms with Gasteiger partial charge in [-0.2, -0.15) is 0 Å². The van der Waals surface area contributed by atoms with Gasteiger partial charge >= 0.3 is 0 Å². The van der Waals surface area contributed by atoms with E-state index >= 15 is 0 Å². The van der Waals surface area contributed by atoms with Gasteiger partial charge in [-0.15, -0.1) is 0 Å². The first-order valence-electron chi connectivity index (χ1n) is 5.12. The molecule has 4 heteroatoms. The number of hydrogen-bond acceptors (Lipinski definition) is 3. The van der Waals surface area contributed by atoms with E-state index in [4.69, 9.17) is 0 Å². The van der Waals surface area contributed by atoms with Gasteiger partial charge in [0.15, 0.2) is 5.78 Å². The Kier molecular flexibility index (Phi) is 12.7. The molecule has 17 heavy (non-hydrogen) atoms. The van der Waals surface area contributed by atoms with Gasteiger partial charge in [-0.25, -0.2) is 0 Å². The van der Waals surface area contributed by atoms with Gasteiger partial charge in [0.1, 0.15) is 12.2 Å². The Hall–Kier alpha value is -0.827. The van der Waals surface area contributed by atoms with Crippen molar-refractivity contribution in [1.82, 2.24) is 0 Å². The number of hydrogen-bond donors (Lipinski definition) is 2. The fraction of sp³-hybridized carbons (Fsp3) is 0.308. The van der Waals surface area contributed by atoms with E-state index in [0.717, 1.165) is 0 Å². The predicted molar refractivity (Wildman–Crippen MR) is 64.9 cm³/mol. The summed E-state index contributed by atoms with van der Waals surface area (Å²) in [5, 5.41) is 18.8. The third-order valence-electron chi connectivity index (χ3n) is 1.78. The van der Waals surface area contributed by atoms with E-state index in [9.17, 15) is 15.0 Å². The van der Waals surface area contributed by atoms with E-state index in [2.05, 4.69) is 0 Å². The van der Waals surface area contributed by atoms with Crippen LogP contribution in [0.4, 0.5) is 0 Å². The molecule has 0 aromatic carbocycles. The number of Topliss-reactive ketones (excluding diaryl/α,β-unsaturated/α-hetero) is 1. The summed E-state index contributed by atoms with van der Waals surface area (Å²) in [5.74, 6) is -0.637. The van der Waals surface area contributed by atoms with Crippen molar-refractivity contribution in [2.75, 3.05) is 0 Å². The summed E-state index contributed by atoms with van der Waals surface area (Å²) in [6.07, 6.45) is 10.2. The molecule has 0 aromatic heterocycles. The summed E-state index contributed by atoms with van der Waals surface area (Å²) in [6.45, 7) is 3.65. The van der Waals surface area contributed by atoms with Crippen molar-refractivity contribution in [3.05, 3.63) is 48.6 Å². The molecule has 0 aliphatic rings. The maximum absolute atomic E-state index is 11.4. The second-order valence-electron chi connectivity index (χ2n) is 3.11. The SMILES string of the molecule is CC=CC=CC(O)C(=O)C(O)C=CC=CC.[Ru]. The van der Waals surface area contributed by atoms with Crippen molar-refractivity contribution in [2.24, 2.45) is 0 Å². The van der Waals surface area contributed by atoms with Crippen LogP contribution in [-0.2, 0) is 24.3 Å². The normalized spacial score (nSPS) is 15.8. The minimum absolute atomic E-state index is 0. The Bertz CT molecular complexity index is 287. The zero-order valence-corrected chi connectivity index (χ0v) is 11.7. The first kappa shape index (κ1) is 18.5. The van der Waals surface area contributed by atoms with Crippen LogP contribution in [0.1, 0.15) is 13.8 Å². The van der Waals surface area contributed by atoms with E-state index < -0.39 is 18.0 Å². The molecule has 0 rings (SSSR count). The number of aliphatic hydroxyl groups is 2. The molecule has 0 aliphatic heterocycles. The number of rotatable bonds is 6. The Morgan fingerprint density at radius 2 is 1.24 bits per heavy atom. The van der Waals surface area contributed by atoms with Crippen molar-refractivity contribution < 1.29 is 34.5 Å². The van der Waals surface area contributed by atoms with Crippen molar-refractivity contribution in [2.45, 2.75) is 26.1 Å². The smallest absolute Gasteiger partial charge is 0.197 e. The predicted octanol–water partition coefficient (Wildman–Crippen LogP) is 1.54. The first-order valence-corrected chi connectivity index (χ1v) is 5.12. The second-order valence-corrected chi connectivity index (χ2v) is 3.11. The maximum Gasteiger partial charge on any atom is 0.197 e. The fourth-order valence-corrected chi connectivity index (χ4v) is 0.926. The van der Waals surface area contributed by atoms with E-state index in [1.165, 1.54) is 12.2 Å². The van der Waals surface area contributed by atoms with Crippen LogP contribution in [0.3, 0.4) is 0 Å². The van der Waals surface area contributed by atoms with E-state index in [0.29, 0.717) is 0 Å². The molecule has 0 radical (unpaired) electrons. The number of carbonyl (C=O) groups excluding carboxylic acids is 1. The van der Waals surface area contributed by atoms with Crippen LogP contribution < -0.4 is 0 Å². The summed E-state index contributed by atoms with van der Waals surface area (Å²) in [5.41, 5.74) is 0. The van der Waals surface area contributed by atoms with Crippen LogP contribution in [0.25, 0.3) is 0 Å². The average Bonchev–Trinajstić information content (AvgIpc) is 2.28. The van der Waals surface area contributed by atoms with Crippen LogP contribution in [0, 0.1) is 0 Å². The topological polar surface area (TPSA) is 57.5 Å². The van der Waals surface area contributed by atoms with Crippen molar-refractivity contribution in [1.29, 1.82) is 0 Å².